The Morgan fingerprint density at radius 2 is 0.977 bits per heavy atom. The number of rotatable bonds is 33. The molecule has 4 heteroatoms. The number of carbonyl (C=O) groups excluding carboxylic acids is 1. The molecule has 0 aromatic carbocycles. The zero-order chi connectivity index (χ0) is 32.2. The second-order valence-electron chi connectivity index (χ2n) is 12.4. The van der Waals surface area contributed by atoms with Crippen molar-refractivity contribution < 1.29 is 19.4 Å². The highest BCUT2D eigenvalue weighted by atomic mass is 16.5. The molecule has 0 saturated heterocycles. The van der Waals surface area contributed by atoms with Crippen LogP contribution in [0, 0.1) is 0 Å². The zero-order valence-electron chi connectivity index (χ0n) is 29.0. The first-order chi connectivity index (χ1) is 21.6. The third-order valence-corrected chi connectivity index (χ3v) is 8.00. The molecule has 1 N–H and O–H groups in total. The Morgan fingerprint density at radius 1 is 0.523 bits per heavy atom. The minimum absolute atomic E-state index is 0.123. The molecule has 44 heavy (non-hydrogen) atoms. The topological polar surface area (TPSA) is 63.6 Å². The maximum Gasteiger partial charge on any atom is 0.306 e. The largest absolute Gasteiger partial charge is 0.481 e. The van der Waals surface area contributed by atoms with E-state index in [1.54, 1.807) is 0 Å². The molecule has 0 rings (SSSR count). The summed E-state index contributed by atoms with van der Waals surface area (Å²) in [6.07, 6.45) is 47.6. The number of carbonyl (C=O) groups is 2. The number of hydrogen-bond donors (Lipinski definition) is 1. The Hall–Kier alpha value is -2.10. The molecule has 0 bridgehead atoms. The lowest BCUT2D eigenvalue weighted by Crippen LogP contribution is -2.13. The van der Waals surface area contributed by atoms with Crippen LogP contribution in [0.15, 0.2) is 48.6 Å². The lowest BCUT2D eigenvalue weighted by Gasteiger charge is -2.11. The van der Waals surface area contributed by atoms with E-state index in [9.17, 15) is 9.59 Å². The molecule has 0 aliphatic heterocycles. The molecule has 4 nitrogen and oxygen atoms in total. The number of aliphatic carboxylic acids is 1. The number of unbranched alkanes of at least 4 members (excludes halogenated alkanes) is 20. The average molecular weight is 615 g/mol. The molecule has 0 aliphatic carbocycles. The summed E-state index contributed by atoms with van der Waals surface area (Å²) < 4.78 is 5.74. The van der Waals surface area contributed by atoms with Crippen molar-refractivity contribution in [2.24, 2.45) is 0 Å². The van der Waals surface area contributed by atoms with E-state index in [0.717, 1.165) is 44.9 Å². The first-order valence-corrected chi connectivity index (χ1v) is 18.6. The Bertz CT molecular complexity index is 748. The van der Waals surface area contributed by atoms with Crippen molar-refractivity contribution in [3.63, 3.8) is 0 Å². The number of carboxylic acid groups (broad SMARTS) is 1. The normalized spacial score (nSPS) is 12.8. The lowest BCUT2D eigenvalue weighted by molar-refractivity contribution is -0.145. The van der Waals surface area contributed by atoms with E-state index in [1.165, 1.54) is 109 Å². The van der Waals surface area contributed by atoms with E-state index in [0.29, 0.717) is 12.8 Å². The van der Waals surface area contributed by atoms with Crippen molar-refractivity contribution in [2.45, 2.75) is 193 Å². The van der Waals surface area contributed by atoms with E-state index < -0.39 is 5.97 Å². The van der Waals surface area contributed by atoms with Crippen molar-refractivity contribution in [3.05, 3.63) is 48.6 Å². The summed E-state index contributed by atoms with van der Waals surface area (Å²) >= 11 is 0. The number of carboxylic acids is 1. The molecular weight excluding hydrogens is 544 g/mol. The van der Waals surface area contributed by atoms with Gasteiger partial charge < -0.3 is 9.84 Å². The summed E-state index contributed by atoms with van der Waals surface area (Å²) in [5.41, 5.74) is 0. The van der Waals surface area contributed by atoms with Gasteiger partial charge in [-0.15, -0.1) is 0 Å². The predicted molar refractivity (Wildman–Crippen MR) is 190 cm³/mol. The standard InChI is InChI=1S/C40H70O4/c1-3-5-7-9-10-11-12-13-14-15-16-17-18-19-20-21-22-23-24-29-33-37-40(43)44-38(34-30-26-8-6-4-2)35-31-27-25-28-32-36-39(41)42/h6,8,15-16,30-31,34-35,38H,3-5,7,9-14,17-29,32-33,36-37H2,1-2H3,(H,41,42)/b8-6-,16-15-,34-30-,35-31-. The van der Waals surface area contributed by atoms with Crippen molar-refractivity contribution in [3.8, 4) is 0 Å². The van der Waals surface area contributed by atoms with Crippen LogP contribution in [0.5, 0.6) is 0 Å². The van der Waals surface area contributed by atoms with Crippen molar-refractivity contribution >= 4 is 11.9 Å². The minimum Gasteiger partial charge on any atom is -0.481 e. The van der Waals surface area contributed by atoms with Gasteiger partial charge in [0.15, 0.2) is 0 Å². The lowest BCUT2D eigenvalue weighted by atomic mass is 10.1. The van der Waals surface area contributed by atoms with E-state index in [1.807, 2.05) is 12.2 Å². The highest BCUT2D eigenvalue weighted by molar-refractivity contribution is 5.69. The van der Waals surface area contributed by atoms with Crippen molar-refractivity contribution in [2.75, 3.05) is 0 Å². The fraction of sp³-hybridized carbons (Fsp3) is 0.750. The van der Waals surface area contributed by atoms with Gasteiger partial charge in [-0.2, -0.15) is 0 Å². The Kier molecular flexibility index (Phi) is 33.7. The van der Waals surface area contributed by atoms with Crippen LogP contribution in [0.2, 0.25) is 0 Å². The summed E-state index contributed by atoms with van der Waals surface area (Å²) in [5.74, 6) is -0.857. The summed E-state index contributed by atoms with van der Waals surface area (Å²) in [6, 6.07) is 0. The summed E-state index contributed by atoms with van der Waals surface area (Å²) in [7, 11) is 0. The molecule has 254 valence electrons. The Balaban J connectivity index is 3.82. The number of ether oxygens (including phenoxy) is 1. The van der Waals surface area contributed by atoms with Gasteiger partial charge in [0.05, 0.1) is 0 Å². The monoisotopic (exact) mass is 615 g/mol. The van der Waals surface area contributed by atoms with Gasteiger partial charge in [0, 0.05) is 12.8 Å². The molecule has 0 aromatic rings. The first-order valence-electron chi connectivity index (χ1n) is 18.6. The van der Waals surface area contributed by atoms with Crippen LogP contribution in [0.4, 0.5) is 0 Å². The zero-order valence-corrected chi connectivity index (χ0v) is 29.0. The third kappa shape index (κ3) is 34.4. The molecule has 1 unspecified atom stereocenters. The molecule has 0 aromatic heterocycles. The molecule has 0 saturated carbocycles. The van der Waals surface area contributed by atoms with E-state index in [2.05, 4.69) is 50.3 Å². The number of hydrogen-bond acceptors (Lipinski definition) is 3. The Labute approximate surface area is 272 Å². The van der Waals surface area contributed by atoms with Gasteiger partial charge in [-0.1, -0.05) is 147 Å². The van der Waals surface area contributed by atoms with Gasteiger partial charge in [-0.3, -0.25) is 9.59 Å². The minimum atomic E-state index is -0.733. The predicted octanol–water partition coefficient (Wildman–Crippen LogP) is 12.8. The number of allylic oxidation sites excluding steroid dienone is 6. The molecule has 0 fully saturated rings. The fourth-order valence-electron chi connectivity index (χ4n) is 5.25. The quantitative estimate of drug-likeness (QED) is 0.0454. The van der Waals surface area contributed by atoms with Crippen molar-refractivity contribution in [1.82, 2.24) is 0 Å². The summed E-state index contributed by atoms with van der Waals surface area (Å²) in [4.78, 5) is 23.1. The molecule has 0 heterocycles. The number of esters is 1. The fourth-order valence-corrected chi connectivity index (χ4v) is 5.25. The molecule has 0 aliphatic rings. The highest BCUT2D eigenvalue weighted by Crippen LogP contribution is 2.14. The second kappa shape index (κ2) is 35.4. The summed E-state index contributed by atoms with van der Waals surface area (Å²) in [6.45, 7) is 4.40. The molecular formula is C40H70O4. The van der Waals surface area contributed by atoms with E-state index >= 15 is 0 Å². The highest BCUT2D eigenvalue weighted by Gasteiger charge is 2.08. The Morgan fingerprint density at radius 3 is 1.52 bits per heavy atom. The van der Waals surface area contributed by atoms with Gasteiger partial charge in [-0.25, -0.2) is 0 Å². The maximum absolute atomic E-state index is 12.5. The molecule has 0 amide bonds. The van der Waals surface area contributed by atoms with Crippen LogP contribution in [-0.2, 0) is 14.3 Å². The van der Waals surface area contributed by atoms with Gasteiger partial charge >= 0.3 is 11.9 Å². The second-order valence-corrected chi connectivity index (χ2v) is 12.4. The molecule has 1 atom stereocenters. The maximum atomic E-state index is 12.5. The van der Waals surface area contributed by atoms with Gasteiger partial charge in [-0.05, 0) is 76.4 Å². The van der Waals surface area contributed by atoms with Crippen LogP contribution < -0.4 is 0 Å². The SMILES string of the molecule is CC/C=C\C/C=C\C(/C=C\CCCCCC(=O)O)OC(=O)CCCCCCCCCCC/C=C\CCCCCCCCCC. The third-order valence-electron chi connectivity index (χ3n) is 8.00. The smallest absolute Gasteiger partial charge is 0.306 e. The average Bonchev–Trinajstić information content (AvgIpc) is 3.00. The van der Waals surface area contributed by atoms with E-state index in [-0.39, 0.29) is 18.5 Å². The van der Waals surface area contributed by atoms with Crippen molar-refractivity contribution in [1.29, 1.82) is 0 Å². The van der Waals surface area contributed by atoms with Gasteiger partial charge in [0.25, 0.3) is 0 Å². The first kappa shape index (κ1) is 41.9. The van der Waals surface area contributed by atoms with Gasteiger partial charge in [0.1, 0.15) is 6.10 Å². The molecule has 0 spiro atoms. The van der Waals surface area contributed by atoms with Crippen LogP contribution in [0.25, 0.3) is 0 Å². The summed E-state index contributed by atoms with van der Waals surface area (Å²) in [5, 5.41) is 8.74. The van der Waals surface area contributed by atoms with Crippen LogP contribution in [0.3, 0.4) is 0 Å². The molecule has 0 radical (unpaired) electrons. The van der Waals surface area contributed by atoms with Crippen LogP contribution in [-0.4, -0.2) is 23.1 Å². The van der Waals surface area contributed by atoms with Gasteiger partial charge in [0.2, 0.25) is 0 Å². The van der Waals surface area contributed by atoms with E-state index in [4.69, 9.17) is 9.84 Å². The van der Waals surface area contributed by atoms with Crippen LogP contribution in [0.1, 0.15) is 187 Å². The van der Waals surface area contributed by atoms with Crippen LogP contribution >= 0.6 is 0 Å².